The van der Waals surface area contributed by atoms with Crippen molar-refractivity contribution in [3.8, 4) is 0 Å². The van der Waals surface area contributed by atoms with Gasteiger partial charge in [-0.2, -0.15) is 5.10 Å². The molecule has 0 saturated carbocycles. The minimum Gasteiger partial charge on any atom is -0.330 e. The molecule has 1 aliphatic heterocycles. The Hall–Kier alpha value is -1.85. The lowest BCUT2D eigenvalue weighted by Crippen LogP contribution is -2.47. The number of carbonyl (C=O) groups excluding carboxylic acids is 2. The molecule has 1 atom stereocenters. The topological polar surface area (TPSA) is 67.2 Å². The summed E-state index contributed by atoms with van der Waals surface area (Å²) < 4.78 is 1.63. The van der Waals surface area contributed by atoms with Crippen LogP contribution in [0.25, 0.3) is 0 Å². The third-order valence-electron chi connectivity index (χ3n) is 3.43. The minimum absolute atomic E-state index is 0.0290. The van der Waals surface area contributed by atoms with E-state index in [4.69, 9.17) is 0 Å². The molecule has 0 bridgehead atoms. The zero-order valence-corrected chi connectivity index (χ0v) is 12.5. The van der Waals surface area contributed by atoms with Crippen molar-refractivity contribution in [3.05, 3.63) is 12.4 Å². The minimum atomic E-state index is -0.461. The Labute approximate surface area is 119 Å². The Morgan fingerprint density at radius 1 is 1.40 bits per heavy atom. The van der Waals surface area contributed by atoms with E-state index in [1.54, 1.807) is 29.0 Å². The molecule has 1 saturated heterocycles. The van der Waals surface area contributed by atoms with Crippen LogP contribution in [0.3, 0.4) is 0 Å². The van der Waals surface area contributed by atoms with Crippen LogP contribution in [-0.2, 0) is 16.6 Å². The van der Waals surface area contributed by atoms with E-state index in [2.05, 4.69) is 10.4 Å². The molecule has 1 N–H and O–H groups in total. The van der Waals surface area contributed by atoms with Gasteiger partial charge in [0.15, 0.2) is 0 Å². The van der Waals surface area contributed by atoms with E-state index < -0.39 is 5.41 Å². The number of nitrogens with zero attached hydrogens (tertiary/aromatic N) is 3. The maximum absolute atomic E-state index is 12.4. The molecule has 110 valence electrons. The van der Waals surface area contributed by atoms with Crippen LogP contribution in [0.15, 0.2) is 12.4 Å². The van der Waals surface area contributed by atoms with Gasteiger partial charge in [-0.3, -0.25) is 14.3 Å². The number of aryl methyl sites for hydroxylation is 1. The fourth-order valence-electron chi connectivity index (χ4n) is 2.42. The van der Waals surface area contributed by atoms with Crippen LogP contribution in [0.4, 0.5) is 5.69 Å². The molecule has 0 unspecified atom stereocenters. The largest absolute Gasteiger partial charge is 0.330 e. The summed E-state index contributed by atoms with van der Waals surface area (Å²) in [5, 5.41) is 6.84. The highest BCUT2D eigenvalue weighted by Crippen LogP contribution is 2.26. The lowest BCUT2D eigenvalue weighted by atomic mass is 9.94. The van der Waals surface area contributed by atoms with E-state index in [9.17, 15) is 9.59 Å². The first-order valence-corrected chi connectivity index (χ1v) is 6.89. The zero-order valence-electron chi connectivity index (χ0n) is 12.5. The number of carbonyl (C=O) groups is 2. The van der Waals surface area contributed by atoms with Crippen molar-refractivity contribution in [2.45, 2.75) is 39.7 Å². The van der Waals surface area contributed by atoms with E-state index in [-0.39, 0.29) is 17.9 Å². The summed E-state index contributed by atoms with van der Waals surface area (Å²) in [5.41, 5.74) is 0.199. The zero-order chi connectivity index (χ0) is 14.9. The fourth-order valence-corrected chi connectivity index (χ4v) is 2.42. The Balaban J connectivity index is 2.07. The highest BCUT2D eigenvalue weighted by molar-refractivity contribution is 5.98. The van der Waals surface area contributed by atoms with Crippen LogP contribution in [0.2, 0.25) is 0 Å². The molecule has 2 heterocycles. The summed E-state index contributed by atoms with van der Waals surface area (Å²) in [4.78, 5) is 26.4. The average Bonchev–Trinajstić information content (AvgIpc) is 2.95. The van der Waals surface area contributed by atoms with Crippen molar-refractivity contribution in [1.29, 1.82) is 0 Å². The number of hydrogen-bond acceptors (Lipinski definition) is 3. The molecule has 1 fully saturated rings. The number of hydrogen-bond donors (Lipinski definition) is 1. The van der Waals surface area contributed by atoms with E-state index >= 15 is 0 Å². The van der Waals surface area contributed by atoms with Gasteiger partial charge in [-0.15, -0.1) is 0 Å². The molecule has 0 radical (unpaired) electrons. The van der Waals surface area contributed by atoms with Gasteiger partial charge in [-0.25, -0.2) is 0 Å². The maximum Gasteiger partial charge on any atom is 0.247 e. The standard InChI is InChI=1S/C14H22N4O2/c1-14(2,3)13(20)18-7-5-6-11(18)12(19)16-10-8-15-17(4)9-10/h8-9,11H,5-7H2,1-4H3,(H,16,19)/t11-/m0/s1. The predicted molar refractivity (Wildman–Crippen MR) is 76.0 cm³/mol. The Bertz CT molecular complexity index is 515. The number of amides is 2. The van der Waals surface area contributed by atoms with E-state index in [1.807, 2.05) is 20.8 Å². The first kappa shape index (κ1) is 14.6. The number of nitrogens with one attached hydrogen (secondary N) is 1. The smallest absolute Gasteiger partial charge is 0.247 e. The lowest BCUT2D eigenvalue weighted by Gasteiger charge is -2.30. The SMILES string of the molecule is Cn1cc(NC(=O)[C@@H]2CCCN2C(=O)C(C)(C)C)cn1. The highest BCUT2D eigenvalue weighted by atomic mass is 16.2. The number of aromatic nitrogens is 2. The fraction of sp³-hybridized carbons (Fsp3) is 0.643. The van der Waals surface area contributed by atoms with Gasteiger partial charge in [-0.05, 0) is 12.8 Å². The molecule has 1 aliphatic rings. The van der Waals surface area contributed by atoms with Crippen LogP contribution in [0.5, 0.6) is 0 Å². The van der Waals surface area contributed by atoms with Crippen molar-refractivity contribution in [2.24, 2.45) is 12.5 Å². The molecule has 0 aromatic carbocycles. The van der Waals surface area contributed by atoms with Crippen molar-refractivity contribution >= 4 is 17.5 Å². The van der Waals surface area contributed by atoms with Crippen LogP contribution in [0, 0.1) is 5.41 Å². The van der Waals surface area contributed by atoms with Crippen molar-refractivity contribution in [1.82, 2.24) is 14.7 Å². The number of anilines is 1. The van der Waals surface area contributed by atoms with Gasteiger partial charge in [-0.1, -0.05) is 20.8 Å². The van der Waals surface area contributed by atoms with Crippen LogP contribution >= 0.6 is 0 Å². The summed E-state index contributed by atoms with van der Waals surface area (Å²) >= 11 is 0. The van der Waals surface area contributed by atoms with Crippen molar-refractivity contribution < 1.29 is 9.59 Å². The Morgan fingerprint density at radius 2 is 2.10 bits per heavy atom. The second-order valence-electron chi connectivity index (χ2n) is 6.30. The third-order valence-corrected chi connectivity index (χ3v) is 3.43. The molecule has 2 amide bonds. The lowest BCUT2D eigenvalue weighted by molar-refractivity contribution is -0.143. The second-order valence-corrected chi connectivity index (χ2v) is 6.30. The molecule has 0 aliphatic carbocycles. The molecule has 2 rings (SSSR count). The second kappa shape index (κ2) is 5.26. The normalized spacial score (nSPS) is 19.2. The third kappa shape index (κ3) is 3.00. The Kier molecular flexibility index (Phi) is 3.83. The summed E-state index contributed by atoms with van der Waals surface area (Å²) in [7, 11) is 1.79. The first-order chi connectivity index (χ1) is 9.29. The summed E-state index contributed by atoms with van der Waals surface area (Å²) in [6.45, 7) is 6.29. The first-order valence-electron chi connectivity index (χ1n) is 6.89. The molecule has 1 aromatic rings. The van der Waals surface area contributed by atoms with Gasteiger partial charge >= 0.3 is 0 Å². The molecule has 6 heteroatoms. The quantitative estimate of drug-likeness (QED) is 0.889. The van der Waals surface area contributed by atoms with Crippen molar-refractivity contribution in [3.63, 3.8) is 0 Å². The van der Waals surface area contributed by atoms with Crippen molar-refractivity contribution in [2.75, 3.05) is 11.9 Å². The molecule has 0 spiro atoms. The Morgan fingerprint density at radius 3 is 2.65 bits per heavy atom. The van der Waals surface area contributed by atoms with Gasteiger partial charge in [0.2, 0.25) is 11.8 Å². The van der Waals surface area contributed by atoms with E-state index in [1.165, 1.54) is 0 Å². The summed E-state index contributed by atoms with van der Waals surface area (Å²) in [6.07, 6.45) is 4.92. The van der Waals surface area contributed by atoms with Crippen LogP contribution in [0.1, 0.15) is 33.6 Å². The van der Waals surface area contributed by atoms with Gasteiger partial charge in [0, 0.05) is 25.2 Å². The van der Waals surface area contributed by atoms with Gasteiger partial charge in [0.25, 0.3) is 0 Å². The van der Waals surface area contributed by atoms with E-state index in [0.29, 0.717) is 18.7 Å². The van der Waals surface area contributed by atoms with Gasteiger partial charge in [0.1, 0.15) is 6.04 Å². The predicted octanol–water partition coefficient (Wildman–Crippen LogP) is 1.40. The molecule has 1 aromatic heterocycles. The van der Waals surface area contributed by atoms with E-state index in [0.717, 1.165) is 6.42 Å². The summed E-state index contributed by atoms with van der Waals surface area (Å²) in [6, 6.07) is -0.373. The monoisotopic (exact) mass is 278 g/mol. The highest BCUT2D eigenvalue weighted by Gasteiger charge is 2.38. The van der Waals surface area contributed by atoms with Crippen LogP contribution < -0.4 is 5.32 Å². The molecular weight excluding hydrogens is 256 g/mol. The number of rotatable bonds is 2. The van der Waals surface area contributed by atoms with Gasteiger partial charge in [0.05, 0.1) is 11.9 Å². The molecule has 6 nitrogen and oxygen atoms in total. The van der Waals surface area contributed by atoms with Crippen LogP contribution in [-0.4, -0.2) is 39.1 Å². The number of likely N-dealkylation sites (tertiary alicyclic amines) is 1. The molecule has 20 heavy (non-hydrogen) atoms. The average molecular weight is 278 g/mol. The van der Waals surface area contributed by atoms with Gasteiger partial charge < -0.3 is 10.2 Å². The molecular formula is C14H22N4O2. The maximum atomic E-state index is 12.4. The summed E-state index contributed by atoms with van der Waals surface area (Å²) in [5.74, 6) is -0.102.